The first-order valence-corrected chi connectivity index (χ1v) is 10.2. The van der Waals surface area contributed by atoms with E-state index in [-0.39, 0.29) is 29.6 Å². The number of likely N-dealkylation sites (tertiary alicyclic amines) is 1. The third-order valence-electron chi connectivity index (χ3n) is 6.29. The maximum absolute atomic E-state index is 14.1. The molecule has 2 saturated heterocycles. The van der Waals surface area contributed by atoms with Crippen LogP contribution in [0.3, 0.4) is 0 Å². The molecule has 4 heterocycles. The zero-order valence-electron chi connectivity index (χ0n) is 17.0. The minimum atomic E-state index is -0.292. The summed E-state index contributed by atoms with van der Waals surface area (Å²) in [4.78, 5) is 22.1. The fraction of sp³-hybridized carbons (Fsp3) is 0.348. The van der Waals surface area contributed by atoms with Crippen molar-refractivity contribution in [3.05, 3.63) is 77.1 Å². The summed E-state index contributed by atoms with van der Waals surface area (Å²) >= 11 is 0. The first-order valence-electron chi connectivity index (χ1n) is 10.2. The Hall–Kier alpha value is -3.22. The smallest absolute Gasteiger partial charge is 0.259 e. The second-order valence-corrected chi connectivity index (χ2v) is 8.22. The van der Waals surface area contributed by atoms with Gasteiger partial charge in [-0.1, -0.05) is 23.4 Å². The van der Waals surface area contributed by atoms with E-state index >= 15 is 0 Å². The van der Waals surface area contributed by atoms with Crippen LogP contribution in [0.5, 0.6) is 0 Å². The van der Waals surface area contributed by atoms with Crippen molar-refractivity contribution in [1.29, 1.82) is 0 Å². The predicted molar refractivity (Wildman–Crippen MR) is 110 cm³/mol. The van der Waals surface area contributed by atoms with Crippen LogP contribution in [0.2, 0.25) is 0 Å². The van der Waals surface area contributed by atoms with Gasteiger partial charge in [0.05, 0.1) is 12.2 Å². The van der Waals surface area contributed by atoms with Crippen LogP contribution >= 0.6 is 0 Å². The van der Waals surface area contributed by atoms with E-state index in [4.69, 9.17) is 4.52 Å². The molecule has 0 unspecified atom stereocenters. The normalized spacial score (nSPS) is 23.1. The van der Waals surface area contributed by atoms with Crippen molar-refractivity contribution in [3.63, 3.8) is 0 Å². The van der Waals surface area contributed by atoms with Crippen molar-refractivity contribution >= 4 is 11.7 Å². The van der Waals surface area contributed by atoms with Crippen LogP contribution in [-0.2, 0) is 0 Å². The minimum absolute atomic E-state index is 0.113. The number of aryl methyl sites for hydroxylation is 2. The molecule has 1 amide bonds. The molecule has 0 saturated carbocycles. The van der Waals surface area contributed by atoms with Crippen LogP contribution in [0.4, 0.5) is 10.2 Å². The number of fused-ring (bicyclic) bond motifs is 1. The molecular weight excluding hydrogens is 383 g/mol. The largest absolute Gasteiger partial charge is 0.361 e. The lowest BCUT2D eigenvalue weighted by molar-refractivity contribution is 0.0713. The van der Waals surface area contributed by atoms with Gasteiger partial charge < -0.3 is 14.3 Å². The van der Waals surface area contributed by atoms with E-state index in [2.05, 4.69) is 15.0 Å². The van der Waals surface area contributed by atoms with Gasteiger partial charge in [0.15, 0.2) is 0 Å². The molecule has 5 rings (SSSR count). The van der Waals surface area contributed by atoms with E-state index in [1.54, 1.807) is 19.1 Å². The van der Waals surface area contributed by atoms with Gasteiger partial charge in [0.25, 0.3) is 5.91 Å². The van der Waals surface area contributed by atoms with E-state index < -0.39 is 0 Å². The van der Waals surface area contributed by atoms with Crippen molar-refractivity contribution in [1.82, 2.24) is 15.0 Å². The molecule has 3 atom stereocenters. The summed E-state index contributed by atoms with van der Waals surface area (Å²) in [7, 11) is 0. The summed E-state index contributed by atoms with van der Waals surface area (Å²) in [6.45, 7) is 5.92. The first-order chi connectivity index (χ1) is 14.5. The molecule has 2 aliphatic heterocycles. The number of benzene rings is 1. The number of carbonyl (C=O) groups is 1. The SMILES string of the molecule is Cc1cccc(N2C[C@H]3CN(C(=O)c4cnoc4C)[C@@H](c4cccc(F)c4)[C@H]3C2)n1. The van der Waals surface area contributed by atoms with E-state index in [1.165, 1.54) is 12.3 Å². The quantitative estimate of drug-likeness (QED) is 0.663. The average molecular weight is 406 g/mol. The molecule has 6 nitrogen and oxygen atoms in total. The van der Waals surface area contributed by atoms with Gasteiger partial charge in [-0.25, -0.2) is 9.37 Å². The van der Waals surface area contributed by atoms with E-state index in [0.717, 1.165) is 30.2 Å². The summed E-state index contributed by atoms with van der Waals surface area (Å²) in [5.74, 6) is 1.52. The van der Waals surface area contributed by atoms with E-state index in [0.29, 0.717) is 17.9 Å². The number of carbonyl (C=O) groups excluding carboxylic acids is 1. The number of pyridine rings is 1. The van der Waals surface area contributed by atoms with Crippen LogP contribution in [0.25, 0.3) is 0 Å². The highest BCUT2D eigenvalue weighted by Gasteiger charge is 2.50. The topological polar surface area (TPSA) is 62.5 Å². The van der Waals surface area contributed by atoms with Gasteiger partial charge in [0, 0.05) is 37.2 Å². The molecule has 7 heteroatoms. The fourth-order valence-corrected chi connectivity index (χ4v) is 4.92. The second kappa shape index (κ2) is 7.23. The summed E-state index contributed by atoms with van der Waals surface area (Å²) < 4.78 is 19.2. The maximum Gasteiger partial charge on any atom is 0.259 e. The Kier molecular flexibility index (Phi) is 4.53. The molecule has 2 aliphatic rings. The Bertz CT molecular complexity index is 1100. The molecule has 0 aliphatic carbocycles. The number of halogens is 1. The van der Waals surface area contributed by atoms with Gasteiger partial charge in [-0.05, 0) is 43.7 Å². The highest BCUT2D eigenvalue weighted by Crippen LogP contribution is 2.46. The molecule has 0 spiro atoms. The molecule has 0 radical (unpaired) electrons. The van der Waals surface area contributed by atoms with Crippen LogP contribution in [-0.4, -0.2) is 40.6 Å². The van der Waals surface area contributed by atoms with Crippen molar-refractivity contribution in [2.24, 2.45) is 11.8 Å². The molecule has 0 bridgehead atoms. The Balaban J connectivity index is 1.49. The molecule has 30 heavy (non-hydrogen) atoms. The molecule has 0 N–H and O–H groups in total. The number of nitrogens with zero attached hydrogens (tertiary/aromatic N) is 4. The lowest BCUT2D eigenvalue weighted by Crippen LogP contribution is -2.36. The van der Waals surface area contributed by atoms with E-state index in [1.807, 2.05) is 36.1 Å². The van der Waals surface area contributed by atoms with Crippen LogP contribution in [0, 0.1) is 31.5 Å². The van der Waals surface area contributed by atoms with Crippen molar-refractivity contribution in [2.45, 2.75) is 19.9 Å². The third-order valence-corrected chi connectivity index (χ3v) is 6.29. The molecular formula is C23H23FN4O2. The standard InChI is InChI=1S/C23H23FN4O2/c1-14-5-3-8-21(26-14)27-11-17-12-28(23(29)19-10-25-30-15(19)2)22(20(17)13-27)16-6-4-7-18(24)9-16/h3-10,17,20,22H,11-13H2,1-2H3/t17-,20-,22-/m0/s1. The number of anilines is 1. The van der Waals surface area contributed by atoms with Gasteiger partial charge in [-0.2, -0.15) is 0 Å². The van der Waals surface area contributed by atoms with Gasteiger partial charge in [-0.15, -0.1) is 0 Å². The molecule has 2 aromatic heterocycles. The molecule has 2 fully saturated rings. The zero-order valence-corrected chi connectivity index (χ0v) is 17.0. The lowest BCUT2D eigenvalue weighted by Gasteiger charge is -2.30. The summed E-state index contributed by atoms with van der Waals surface area (Å²) in [6, 6.07) is 12.4. The Labute approximate surface area is 174 Å². The number of amides is 1. The van der Waals surface area contributed by atoms with Gasteiger partial charge in [0.1, 0.15) is 23.0 Å². The number of hydrogen-bond acceptors (Lipinski definition) is 5. The van der Waals surface area contributed by atoms with Crippen LogP contribution in [0.1, 0.15) is 33.4 Å². The molecule has 1 aromatic carbocycles. The Morgan fingerprint density at radius 2 is 1.97 bits per heavy atom. The number of rotatable bonds is 3. The monoisotopic (exact) mass is 406 g/mol. The van der Waals surface area contributed by atoms with Gasteiger partial charge in [-0.3, -0.25) is 4.79 Å². The summed E-state index contributed by atoms with van der Waals surface area (Å²) in [5, 5.41) is 3.76. The fourth-order valence-electron chi connectivity index (χ4n) is 4.92. The van der Waals surface area contributed by atoms with Crippen molar-refractivity contribution in [3.8, 4) is 0 Å². The van der Waals surface area contributed by atoms with Crippen LogP contribution < -0.4 is 4.90 Å². The third kappa shape index (κ3) is 3.14. The van der Waals surface area contributed by atoms with E-state index in [9.17, 15) is 9.18 Å². The first kappa shape index (κ1) is 18.8. The minimum Gasteiger partial charge on any atom is -0.361 e. The van der Waals surface area contributed by atoms with Gasteiger partial charge in [0.2, 0.25) is 0 Å². The van der Waals surface area contributed by atoms with Crippen LogP contribution in [0.15, 0.2) is 53.2 Å². The maximum atomic E-state index is 14.1. The lowest BCUT2D eigenvalue weighted by atomic mass is 9.89. The number of hydrogen-bond donors (Lipinski definition) is 0. The zero-order chi connectivity index (χ0) is 20.8. The highest BCUT2D eigenvalue weighted by molar-refractivity contribution is 5.95. The molecule has 154 valence electrons. The number of aromatic nitrogens is 2. The Morgan fingerprint density at radius 3 is 2.70 bits per heavy atom. The Morgan fingerprint density at radius 1 is 1.13 bits per heavy atom. The predicted octanol–water partition coefficient (Wildman–Crippen LogP) is 3.78. The summed E-state index contributed by atoms with van der Waals surface area (Å²) in [6.07, 6.45) is 1.47. The van der Waals surface area contributed by atoms with Crippen molar-refractivity contribution < 1.29 is 13.7 Å². The average Bonchev–Trinajstić information content (AvgIpc) is 3.41. The highest BCUT2D eigenvalue weighted by atomic mass is 19.1. The summed E-state index contributed by atoms with van der Waals surface area (Å²) in [5.41, 5.74) is 2.27. The molecule has 3 aromatic rings. The van der Waals surface area contributed by atoms with Gasteiger partial charge >= 0.3 is 0 Å². The van der Waals surface area contributed by atoms with Crippen molar-refractivity contribution in [2.75, 3.05) is 24.5 Å². The second-order valence-electron chi connectivity index (χ2n) is 8.22.